The maximum Gasteiger partial charge on any atom is 0.222 e. The minimum absolute atomic E-state index is 0.00569. The largest absolute Gasteiger partial charge is 0.395 e. The number of sulfone groups is 1. The summed E-state index contributed by atoms with van der Waals surface area (Å²) in [5, 5.41) is 8.94. The second-order valence-electron chi connectivity index (χ2n) is 4.46. The minimum atomic E-state index is -3.03. The van der Waals surface area contributed by atoms with Crippen LogP contribution in [-0.2, 0) is 14.6 Å². The van der Waals surface area contributed by atoms with Gasteiger partial charge < -0.3 is 10.0 Å². The standard InChI is InChI=1S/C10H19NO4S/c1-3-9(13)11(5-6-12)10(2)4-7-16(14,15)8-10/h12H,3-8H2,1-2H3/t10-/m0/s1. The predicted octanol–water partition coefficient (Wildman–Crippen LogP) is -0.206. The van der Waals surface area contributed by atoms with E-state index < -0.39 is 15.4 Å². The van der Waals surface area contributed by atoms with Gasteiger partial charge in [-0.15, -0.1) is 0 Å². The van der Waals surface area contributed by atoms with Crippen LogP contribution in [0.5, 0.6) is 0 Å². The molecule has 6 heteroatoms. The molecule has 0 saturated carbocycles. The maximum absolute atomic E-state index is 11.7. The third-order valence-corrected chi connectivity index (χ3v) is 4.95. The van der Waals surface area contributed by atoms with Crippen LogP contribution in [0.15, 0.2) is 0 Å². The molecule has 1 amide bonds. The van der Waals surface area contributed by atoms with E-state index in [0.717, 1.165) is 0 Å². The van der Waals surface area contributed by atoms with E-state index in [-0.39, 0.29) is 30.6 Å². The fraction of sp³-hybridized carbons (Fsp3) is 0.900. The molecule has 1 heterocycles. The molecule has 0 aromatic carbocycles. The molecule has 1 aliphatic rings. The molecule has 0 bridgehead atoms. The van der Waals surface area contributed by atoms with Crippen molar-refractivity contribution in [1.29, 1.82) is 0 Å². The summed E-state index contributed by atoms with van der Waals surface area (Å²) < 4.78 is 22.9. The van der Waals surface area contributed by atoms with E-state index >= 15 is 0 Å². The average molecular weight is 249 g/mol. The van der Waals surface area contributed by atoms with Crippen molar-refractivity contribution in [1.82, 2.24) is 4.90 Å². The highest BCUT2D eigenvalue weighted by atomic mass is 32.2. The lowest BCUT2D eigenvalue weighted by atomic mass is 9.98. The topological polar surface area (TPSA) is 74.7 Å². The molecule has 1 aliphatic heterocycles. The minimum Gasteiger partial charge on any atom is -0.395 e. The SMILES string of the molecule is CCC(=O)N(CCO)[C@@]1(C)CCS(=O)(=O)C1. The smallest absolute Gasteiger partial charge is 0.222 e. The molecule has 0 aliphatic carbocycles. The first kappa shape index (κ1) is 13.4. The van der Waals surface area contributed by atoms with Gasteiger partial charge in [-0.1, -0.05) is 6.92 Å². The highest BCUT2D eigenvalue weighted by Crippen LogP contribution is 2.29. The first-order valence-electron chi connectivity index (χ1n) is 5.46. The highest BCUT2D eigenvalue weighted by molar-refractivity contribution is 7.91. The number of hydrogen-bond acceptors (Lipinski definition) is 4. The summed E-state index contributed by atoms with van der Waals surface area (Å²) in [5.41, 5.74) is -0.644. The summed E-state index contributed by atoms with van der Waals surface area (Å²) in [5.74, 6) is 0.0300. The Balaban J connectivity index is 2.90. The number of rotatable bonds is 4. The molecule has 16 heavy (non-hydrogen) atoms. The van der Waals surface area contributed by atoms with Crippen LogP contribution in [0.4, 0.5) is 0 Å². The number of β-amino-alcohol motifs (C(OH)–C–C–N with tert-alkyl or cyclic N) is 1. The lowest BCUT2D eigenvalue weighted by Gasteiger charge is -2.37. The lowest BCUT2D eigenvalue weighted by molar-refractivity contribution is -0.136. The van der Waals surface area contributed by atoms with E-state index in [0.29, 0.717) is 12.8 Å². The molecule has 1 fully saturated rings. The molecule has 0 aromatic rings. The zero-order valence-corrected chi connectivity index (χ0v) is 10.6. The fourth-order valence-electron chi connectivity index (χ4n) is 2.19. The molecule has 94 valence electrons. The summed E-state index contributed by atoms with van der Waals surface area (Å²) >= 11 is 0. The Morgan fingerprint density at radius 3 is 2.50 bits per heavy atom. The van der Waals surface area contributed by atoms with Crippen LogP contribution >= 0.6 is 0 Å². The van der Waals surface area contributed by atoms with Crippen LogP contribution in [0, 0.1) is 0 Å². The van der Waals surface area contributed by atoms with Crippen LogP contribution < -0.4 is 0 Å². The number of aliphatic hydroxyl groups is 1. The van der Waals surface area contributed by atoms with Crippen LogP contribution in [0.1, 0.15) is 26.7 Å². The van der Waals surface area contributed by atoms with E-state index in [4.69, 9.17) is 5.11 Å². The van der Waals surface area contributed by atoms with Gasteiger partial charge in [0.05, 0.1) is 23.7 Å². The monoisotopic (exact) mass is 249 g/mol. The normalized spacial score (nSPS) is 27.9. The predicted molar refractivity (Wildman–Crippen MR) is 60.8 cm³/mol. The maximum atomic E-state index is 11.7. The number of carbonyl (C=O) groups is 1. The molecule has 5 nitrogen and oxygen atoms in total. The van der Waals surface area contributed by atoms with Crippen molar-refractivity contribution in [2.24, 2.45) is 0 Å². The first-order chi connectivity index (χ1) is 7.34. The third-order valence-electron chi connectivity index (χ3n) is 3.06. The summed E-state index contributed by atoms with van der Waals surface area (Å²) in [6.45, 7) is 3.58. The molecular formula is C10H19NO4S. The van der Waals surface area contributed by atoms with Crippen LogP contribution in [0.25, 0.3) is 0 Å². The zero-order chi connectivity index (χ0) is 12.4. The first-order valence-corrected chi connectivity index (χ1v) is 7.28. The van der Waals surface area contributed by atoms with Crippen LogP contribution in [0.3, 0.4) is 0 Å². The molecule has 1 saturated heterocycles. The van der Waals surface area contributed by atoms with Gasteiger partial charge in [-0.05, 0) is 13.3 Å². The molecule has 0 radical (unpaired) electrons. The van der Waals surface area contributed by atoms with Gasteiger partial charge in [-0.25, -0.2) is 8.42 Å². The summed E-state index contributed by atoms with van der Waals surface area (Å²) in [7, 11) is -3.03. The van der Waals surface area contributed by atoms with Crippen molar-refractivity contribution in [3.8, 4) is 0 Å². The molecular weight excluding hydrogens is 230 g/mol. The highest BCUT2D eigenvalue weighted by Gasteiger charge is 2.44. The van der Waals surface area contributed by atoms with Crippen LogP contribution in [-0.4, -0.2) is 54.5 Å². The summed E-state index contributed by atoms with van der Waals surface area (Å²) in [6, 6.07) is 0. The Labute approximate surface area is 96.4 Å². The summed E-state index contributed by atoms with van der Waals surface area (Å²) in [6.07, 6.45) is 0.788. The zero-order valence-electron chi connectivity index (χ0n) is 9.77. The van der Waals surface area contributed by atoms with Gasteiger partial charge >= 0.3 is 0 Å². The summed E-state index contributed by atoms with van der Waals surface area (Å²) in [4.78, 5) is 13.2. The molecule has 1 atom stereocenters. The van der Waals surface area contributed by atoms with E-state index in [1.54, 1.807) is 13.8 Å². The van der Waals surface area contributed by atoms with Gasteiger partial charge in [0.2, 0.25) is 5.91 Å². The van der Waals surface area contributed by atoms with Crippen LogP contribution in [0.2, 0.25) is 0 Å². The number of carbonyl (C=O) groups excluding carboxylic acids is 1. The van der Waals surface area contributed by atoms with Gasteiger partial charge in [0.25, 0.3) is 0 Å². The van der Waals surface area contributed by atoms with Crippen molar-refractivity contribution >= 4 is 15.7 Å². The number of hydrogen-bond donors (Lipinski definition) is 1. The Morgan fingerprint density at radius 2 is 2.12 bits per heavy atom. The van der Waals surface area contributed by atoms with Gasteiger partial charge in [0.1, 0.15) is 0 Å². The number of aliphatic hydroxyl groups excluding tert-OH is 1. The van der Waals surface area contributed by atoms with E-state index in [9.17, 15) is 13.2 Å². The fourth-order valence-corrected chi connectivity index (χ4v) is 4.34. The second-order valence-corrected chi connectivity index (χ2v) is 6.65. The van der Waals surface area contributed by atoms with Crippen molar-refractivity contribution in [2.75, 3.05) is 24.7 Å². The molecule has 1 rings (SSSR count). The van der Waals surface area contributed by atoms with Crippen molar-refractivity contribution in [2.45, 2.75) is 32.2 Å². The molecule has 0 spiro atoms. The lowest BCUT2D eigenvalue weighted by Crippen LogP contribution is -2.51. The number of nitrogens with zero attached hydrogens (tertiary/aromatic N) is 1. The molecule has 0 aromatic heterocycles. The third kappa shape index (κ3) is 2.74. The van der Waals surface area contributed by atoms with E-state index in [2.05, 4.69) is 0 Å². The Hall–Kier alpha value is -0.620. The Morgan fingerprint density at radius 1 is 1.50 bits per heavy atom. The molecule has 0 unspecified atom stereocenters. The van der Waals surface area contributed by atoms with E-state index in [1.807, 2.05) is 0 Å². The van der Waals surface area contributed by atoms with Gasteiger partial charge in [0.15, 0.2) is 9.84 Å². The second kappa shape index (κ2) is 4.71. The Kier molecular flexibility index (Phi) is 3.96. The van der Waals surface area contributed by atoms with E-state index in [1.165, 1.54) is 4.90 Å². The van der Waals surface area contributed by atoms with Gasteiger partial charge in [-0.3, -0.25) is 4.79 Å². The number of amides is 1. The van der Waals surface area contributed by atoms with Gasteiger partial charge in [-0.2, -0.15) is 0 Å². The van der Waals surface area contributed by atoms with Crippen molar-refractivity contribution in [3.05, 3.63) is 0 Å². The Bertz CT molecular complexity index is 365. The molecule has 1 N–H and O–H groups in total. The average Bonchev–Trinajstić information content (AvgIpc) is 2.49. The van der Waals surface area contributed by atoms with Crippen molar-refractivity contribution in [3.63, 3.8) is 0 Å². The quantitative estimate of drug-likeness (QED) is 0.748. The van der Waals surface area contributed by atoms with Crippen molar-refractivity contribution < 1.29 is 18.3 Å². The van der Waals surface area contributed by atoms with Gasteiger partial charge in [0, 0.05) is 13.0 Å².